The first kappa shape index (κ1) is 26.0. The highest BCUT2D eigenvalue weighted by atomic mass is 16.2. The van der Waals surface area contributed by atoms with Crippen molar-refractivity contribution in [3.8, 4) is 12.3 Å². The molecule has 8 heteroatoms. The molecule has 0 spiro atoms. The van der Waals surface area contributed by atoms with Crippen molar-refractivity contribution in [2.45, 2.75) is 31.7 Å². The quantitative estimate of drug-likeness (QED) is 0.486. The molecule has 3 aromatic carbocycles. The lowest BCUT2D eigenvalue weighted by molar-refractivity contribution is -0.189. The minimum Gasteiger partial charge on any atom is -0.333 e. The lowest BCUT2D eigenvalue weighted by Crippen LogP contribution is -2.76. The van der Waals surface area contributed by atoms with Crippen molar-refractivity contribution in [1.82, 2.24) is 25.1 Å². The Morgan fingerprint density at radius 2 is 1.46 bits per heavy atom. The Balaban J connectivity index is 1.48. The molecule has 0 bridgehead atoms. The summed E-state index contributed by atoms with van der Waals surface area (Å²) in [5.41, 5.74) is 2.86. The molecule has 2 aliphatic heterocycles. The predicted octanol–water partition coefficient (Wildman–Crippen LogP) is 2.87. The lowest BCUT2D eigenvalue weighted by Gasteiger charge is -2.55. The van der Waals surface area contributed by atoms with Crippen LogP contribution >= 0.6 is 0 Å². The van der Waals surface area contributed by atoms with Gasteiger partial charge in [0.1, 0.15) is 12.2 Å². The van der Waals surface area contributed by atoms with Crippen LogP contribution in [0.4, 0.5) is 4.79 Å². The lowest BCUT2D eigenvalue weighted by atomic mass is 9.98. The van der Waals surface area contributed by atoms with E-state index in [-0.39, 0.29) is 37.5 Å². The second-order valence-electron chi connectivity index (χ2n) is 9.71. The summed E-state index contributed by atoms with van der Waals surface area (Å²) in [5.74, 6) is 2.21. The molecule has 1 unspecified atom stereocenters. The molecule has 0 aliphatic carbocycles. The molecule has 198 valence electrons. The van der Waals surface area contributed by atoms with Crippen molar-refractivity contribution in [3.05, 3.63) is 108 Å². The zero-order valence-corrected chi connectivity index (χ0v) is 21.6. The Morgan fingerprint density at radius 3 is 2.08 bits per heavy atom. The first-order valence-corrected chi connectivity index (χ1v) is 13.0. The van der Waals surface area contributed by atoms with Gasteiger partial charge >= 0.3 is 6.03 Å². The number of nitrogens with one attached hydrogen (secondary N) is 1. The Bertz CT molecular complexity index is 1340. The number of terminal acetylenes is 1. The average molecular weight is 522 g/mol. The summed E-state index contributed by atoms with van der Waals surface area (Å²) in [6, 6.07) is 27.8. The number of carbonyl (C=O) groups is 3. The van der Waals surface area contributed by atoms with Gasteiger partial charge in [-0.25, -0.2) is 9.80 Å². The number of urea groups is 1. The molecule has 2 aliphatic rings. The van der Waals surface area contributed by atoms with E-state index in [1.807, 2.05) is 91.0 Å². The van der Waals surface area contributed by atoms with Crippen LogP contribution < -0.4 is 5.32 Å². The largest absolute Gasteiger partial charge is 0.334 e. The fourth-order valence-electron chi connectivity index (χ4n) is 5.28. The number of piperazine rings is 1. The number of fused-ring (bicyclic) bond motifs is 1. The van der Waals surface area contributed by atoms with E-state index in [2.05, 4.69) is 11.2 Å². The molecule has 0 radical (unpaired) electrons. The van der Waals surface area contributed by atoms with Gasteiger partial charge in [-0.1, -0.05) is 96.9 Å². The average Bonchev–Trinajstić information content (AvgIpc) is 2.96. The molecular weight excluding hydrogens is 490 g/mol. The highest BCUT2D eigenvalue weighted by Gasteiger charge is 2.51. The minimum atomic E-state index is -0.750. The summed E-state index contributed by atoms with van der Waals surface area (Å²) >= 11 is 0. The number of amides is 4. The van der Waals surface area contributed by atoms with E-state index in [9.17, 15) is 14.4 Å². The molecule has 2 heterocycles. The Labute approximate surface area is 228 Å². The number of hydrazine groups is 1. The fourth-order valence-corrected chi connectivity index (χ4v) is 5.28. The van der Waals surface area contributed by atoms with Gasteiger partial charge in [0.2, 0.25) is 11.8 Å². The van der Waals surface area contributed by atoms with Crippen molar-refractivity contribution in [2.75, 3.05) is 19.6 Å². The molecular formula is C31H31N5O3. The third kappa shape index (κ3) is 5.79. The maximum atomic E-state index is 13.9. The number of hydrogen-bond donors (Lipinski definition) is 1. The molecule has 2 fully saturated rings. The van der Waals surface area contributed by atoms with Gasteiger partial charge in [-0.15, -0.1) is 6.42 Å². The zero-order chi connectivity index (χ0) is 27.2. The second-order valence-corrected chi connectivity index (χ2v) is 9.71. The topological polar surface area (TPSA) is 76.2 Å². The van der Waals surface area contributed by atoms with Crippen molar-refractivity contribution in [3.63, 3.8) is 0 Å². The van der Waals surface area contributed by atoms with E-state index >= 15 is 0 Å². The summed E-state index contributed by atoms with van der Waals surface area (Å²) < 4.78 is 0. The van der Waals surface area contributed by atoms with Crippen LogP contribution in [0, 0.1) is 12.3 Å². The molecule has 2 atom stereocenters. The van der Waals surface area contributed by atoms with Gasteiger partial charge < -0.3 is 15.1 Å². The van der Waals surface area contributed by atoms with Crippen LogP contribution in [0.2, 0.25) is 0 Å². The van der Waals surface area contributed by atoms with E-state index in [0.29, 0.717) is 19.5 Å². The summed E-state index contributed by atoms with van der Waals surface area (Å²) in [7, 11) is 0. The maximum absolute atomic E-state index is 13.9. The molecule has 39 heavy (non-hydrogen) atoms. The molecule has 1 N–H and O–H groups in total. The molecule has 0 aromatic heterocycles. The van der Waals surface area contributed by atoms with Crippen LogP contribution in [-0.4, -0.2) is 69.5 Å². The normalized spacial score (nSPS) is 19.4. The maximum Gasteiger partial charge on any atom is 0.334 e. The van der Waals surface area contributed by atoms with E-state index < -0.39 is 12.2 Å². The highest BCUT2D eigenvalue weighted by Crippen LogP contribution is 2.29. The van der Waals surface area contributed by atoms with Gasteiger partial charge in [0.05, 0.1) is 19.6 Å². The van der Waals surface area contributed by atoms with Gasteiger partial charge in [0, 0.05) is 19.5 Å². The summed E-state index contributed by atoms with van der Waals surface area (Å²) in [4.78, 5) is 44.5. The van der Waals surface area contributed by atoms with Crippen LogP contribution in [-0.2, 0) is 29.1 Å². The van der Waals surface area contributed by atoms with Crippen molar-refractivity contribution >= 4 is 17.8 Å². The second kappa shape index (κ2) is 11.8. The van der Waals surface area contributed by atoms with E-state index in [0.717, 1.165) is 16.7 Å². The molecule has 3 aromatic rings. The predicted molar refractivity (Wildman–Crippen MR) is 147 cm³/mol. The van der Waals surface area contributed by atoms with Gasteiger partial charge in [-0.3, -0.25) is 9.59 Å². The number of rotatable bonds is 7. The van der Waals surface area contributed by atoms with Gasteiger partial charge in [-0.2, -0.15) is 5.01 Å². The van der Waals surface area contributed by atoms with E-state index in [4.69, 9.17) is 6.42 Å². The molecule has 4 amide bonds. The molecule has 5 rings (SSSR count). The third-order valence-corrected chi connectivity index (χ3v) is 7.09. The van der Waals surface area contributed by atoms with Crippen molar-refractivity contribution < 1.29 is 14.4 Å². The SMILES string of the molecule is C#CCN1CC(=O)N2C(CN(Cc3ccccc3)C(=O)[C@@H]2Cc2ccccc2)N1C(=O)NCc1ccccc1. The van der Waals surface area contributed by atoms with E-state index in [1.165, 1.54) is 5.01 Å². The summed E-state index contributed by atoms with van der Waals surface area (Å²) in [6.07, 6.45) is 5.29. The third-order valence-electron chi connectivity index (χ3n) is 7.09. The Morgan fingerprint density at radius 1 is 0.872 bits per heavy atom. The minimum absolute atomic E-state index is 0.0866. The fraction of sp³-hybridized carbons (Fsp3) is 0.258. The van der Waals surface area contributed by atoms with Gasteiger partial charge in [0.25, 0.3) is 0 Å². The van der Waals surface area contributed by atoms with Crippen LogP contribution in [0.25, 0.3) is 0 Å². The van der Waals surface area contributed by atoms with Crippen LogP contribution in [0.15, 0.2) is 91.0 Å². The van der Waals surface area contributed by atoms with Crippen LogP contribution in [0.3, 0.4) is 0 Å². The summed E-state index contributed by atoms with van der Waals surface area (Å²) in [6.45, 7) is 0.866. The first-order chi connectivity index (χ1) is 19.0. The number of nitrogens with zero attached hydrogens (tertiary/aromatic N) is 4. The van der Waals surface area contributed by atoms with Gasteiger partial charge in [-0.05, 0) is 16.7 Å². The Hall–Kier alpha value is -4.61. The standard InChI is InChI=1S/C31H31N5O3/c1-2-18-34-23-29(37)35-27(19-24-12-6-3-7-13-24)30(38)33(21-26-16-10-5-11-17-26)22-28(35)36(34)31(39)32-20-25-14-8-4-9-15-25/h1,3-17,27-28H,18-23H2,(H,32,39)/t27-,28?/m0/s1. The molecule has 0 saturated carbocycles. The number of benzene rings is 3. The van der Waals surface area contributed by atoms with E-state index in [1.54, 1.807) is 14.8 Å². The van der Waals surface area contributed by atoms with Crippen LogP contribution in [0.5, 0.6) is 0 Å². The van der Waals surface area contributed by atoms with Gasteiger partial charge in [0.15, 0.2) is 0 Å². The monoisotopic (exact) mass is 521 g/mol. The number of hydrogen-bond acceptors (Lipinski definition) is 4. The molecule has 8 nitrogen and oxygen atoms in total. The first-order valence-electron chi connectivity index (χ1n) is 13.0. The van der Waals surface area contributed by atoms with Crippen molar-refractivity contribution in [2.24, 2.45) is 0 Å². The molecule has 2 saturated heterocycles. The van der Waals surface area contributed by atoms with Crippen molar-refractivity contribution in [1.29, 1.82) is 0 Å². The smallest absolute Gasteiger partial charge is 0.333 e. The van der Waals surface area contributed by atoms with Crippen LogP contribution in [0.1, 0.15) is 16.7 Å². The highest BCUT2D eigenvalue weighted by molar-refractivity contribution is 5.91. The summed E-state index contributed by atoms with van der Waals surface area (Å²) in [5, 5.41) is 6.11. The Kier molecular flexibility index (Phi) is 7.90. The number of carbonyl (C=O) groups excluding carboxylic acids is 3. The zero-order valence-electron chi connectivity index (χ0n) is 21.6.